The Labute approximate surface area is 176 Å². The zero-order chi connectivity index (χ0) is 20.3. The Kier molecular flexibility index (Phi) is 5.06. The summed E-state index contributed by atoms with van der Waals surface area (Å²) in [6, 6.07) is 24.6. The number of aromatic nitrogens is 1. The highest BCUT2D eigenvalue weighted by atomic mass is 16.5. The second-order valence-electron chi connectivity index (χ2n) is 7.84. The van der Waals surface area contributed by atoms with Crippen LogP contribution in [0.3, 0.4) is 0 Å². The van der Waals surface area contributed by atoms with Crippen molar-refractivity contribution in [1.82, 2.24) is 9.88 Å². The minimum absolute atomic E-state index is 0.0131. The summed E-state index contributed by atoms with van der Waals surface area (Å²) in [6.07, 6.45) is 3.93. The number of hydrogen-bond donors (Lipinski definition) is 0. The molecule has 0 radical (unpaired) electrons. The number of pyridine rings is 1. The molecule has 1 aliphatic rings. The standard InChI is InChI=1S/C26H24N2O2/c29-25(14-13-20-8-3-7-19-6-1-2-11-23(19)20)28-17-15-22(18-28)30-24-12-4-9-21-10-5-16-27-26(21)24/h1-12,16,22H,13-15,17-18H2. The quantitative estimate of drug-likeness (QED) is 0.477. The molecule has 0 N–H and O–H groups in total. The van der Waals surface area contributed by atoms with E-state index >= 15 is 0 Å². The minimum atomic E-state index is 0.0131. The molecule has 4 heteroatoms. The molecule has 1 saturated heterocycles. The fourth-order valence-corrected chi connectivity index (χ4v) is 4.31. The first-order chi connectivity index (χ1) is 14.8. The Balaban J connectivity index is 1.22. The van der Waals surface area contributed by atoms with Crippen LogP contribution < -0.4 is 4.74 Å². The van der Waals surface area contributed by atoms with Gasteiger partial charge < -0.3 is 9.64 Å². The highest BCUT2D eigenvalue weighted by molar-refractivity contribution is 5.86. The van der Waals surface area contributed by atoms with E-state index in [2.05, 4.69) is 41.4 Å². The van der Waals surface area contributed by atoms with Crippen LogP contribution in [0.4, 0.5) is 0 Å². The number of amides is 1. The number of ether oxygens (including phenoxy) is 1. The summed E-state index contributed by atoms with van der Waals surface area (Å²) in [6.45, 7) is 1.38. The largest absolute Gasteiger partial charge is 0.486 e. The van der Waals surface area contributed by atoms with Crippen LogP contribution >= 0.6 is 0 Å². The number of nitrogens with zero attached hydrogens (tertiary/aromatic N) is 2. The summed E-state index contributed by atoms with van der Waals surface area (Å²) < 4.78 is 6.23. The number of carbonyl (C=O) groups excluding carboxylic acids is 1. The Morgan fingerprint density at radius 3 is 2.73 bits per heavy atom. The van der Waals surface area contributed by atoms with Gasteiger partial charge >= 0.3 is 0 Å². The van der Waals surface area contributed by atoms with Gasteiger partial charge in [-0.05, 0) is 34.9 Å². The molecule has 0 aliphatic carbocycles. The zero-order valence-corrected chi connectivity index (χ0v) is 16.8. The smallest absolute Gasteiger partial charge is 0.223 e. The van der Waals surface area contributed by atoms with E-state index < -0.39 is 0 Å². The number of aryl methyl sites for hydroxylation is 1. The van der Waals surface area contributed by atoms with Crippen LogP contribution in [-0.2, 0) is 11.2 Å². The SMILES string of the molecule is O=C(CCc1cccc2ccccc12)N1CCC(Oc2cccc3cccnc23)C1. The summed E-state index contributed by atoms with van der Waals surface area (Å²) in [5.41, 5.74) is 2.11. The number of likely N-dealkylation sites (tertiary alicyclic amines) is 1. The molecule has 30 heavy (non-hydrogen) atoms. The molecule has 1 aromatic heterocycles. The lowest BCUT2D eigenvalue weighted by atomic mass is 10.0. The second kappa shape index (κ2) is 8.15. The average Bonchev–Trinajstić information content (AvgIpc) is 3.26. The van der Waals surface area contributed by atoms with Crippen molar-refractivity contribution in [3.8, 4) is 5.75 Å². The monoisotopic (exact) mass is 396 g/mol. The van der Waals surface area contributed by atoms with Crippen molar-refractivity contribution in [2.45, 2.75) is 25.4 Å². The molecule has 5 rings (SSSR count). The molecule has 1 unspecified atom stereocenters. The summed E-state index contributed by atoms with van der Waals surface area (Å²) in [7, 11) is 0. The van der Waals surface area contributed by atoms with E-state index in [1.54, 1.807) is 6.20 Å². The molecule has 0 saturated carbocycles. The lowest BCUT2D eigenvalue weighted by Crippen LogP contribution is -2.31. The Hall–Kier alpha value is -3.40. The van der Waals surface area contributed by atoms with E-state index in [9.17, 15) is 4.79 Å². The molecule has 1 atom stereocenters. The predicted molar refractivity (Wildman–Crippen MR) is 120 cm³/mol. The zero-order valence-electron chi connectivity index (χ0n) is 16.8. The topological polar surface area (TPSA) is 42.4 Å². The highest BCUT2D eigenvalue weighted by Gasteiger charge is 2.27. The third-order valence-electron chi connectivity index (χ3n) is 5.88. The van der Waals surface area contributed by atoms with Crippen LogP contribution in [0.25, 0.3) is 21.7 Å². The van der Waals surface area contributed by atoms with Crippen molar-refractivity contribution in [2.24, 2.45) is 0 Å². The maximum atomic E-state index is 12.8. The molecule has 4 nitrogen and oxygen atoms in total. The molecular weight excluding hydrogens is 372 g/mol. The first-order valence-corrected chi connectivity index (χ1v) is 10.5. The maximum absolute atomic E-state index is 12.8. The van der Waals surface area contributed by atoms with Crippen LogP contribution in [0.5, 0.6) is 5.75 Å². The number of fused-ring (bicyclic) bond motifs is 2. The van der Waals surface area contributed by atoms with Gasteiger partial charge in [0.15, 0.2) is 0 Å². The number of hydrogen-bond acceptors (Lipinski definition) is 3. The van der Waals surface area contributed by atoms with Gasteiger partial charge in [-0.1, -0.05) is 60.7 Å². The van der Waals surface area contributed by atoms with E-state index in [0.717, 1.165) is 36.0 Å². The van der Waals surface area contributed by atoms with Crippen LogP contribution in [0.15, 0.2) is 79.0 Å². The number of carbonyl (C=O) groups is 1. The molecule has 1 amide bonds. The number of benzene rings is 3. The number of para-hydroxylation sites is 1. The van der Waals surface area contributed by atoms with Gasteiger partial charge in [0.2, 0.25) is 5.91 Å². The fourth-order valence-electron chi connectivity index (χ4n) is 4.31. The lowest BCUT2D eigenvalue weighted by molar-refractivity contribution is -0.130. The number of rotatable bonds is 5. The van der Waals surface area contributed by atoms with Crippen molar-refractivity contribution in [2.75, 3.05) is 13.1 Å². The predicted octanol–water partition coefficient (Wildman–Crippen LogP) is 5.00. The van der Waals surface area contributed by atoms with Gasteiger partial charge in [-0.25, -0.2) is 0 Å². The maximum Gasteiger partial charge on any atom is 0.223 e. The summed E-state index contributed by atoms with van der Waals surface area (Å²) in [4.78, 5) is 19.2. The van der Waals surface area contributed by atoms with Gasteiger partial charge in [-0.3, -0.25) is 9.78 Å². The van der Waals surface area contributed by atoms with E-state index in [0.29, 0.717) is 13.0 Å². The molecular formula is C26H24N2O2. The van der Waals surface area contributed by atoms with Crippen LogP contribution in [0.1, 0.15) is 18.4 Å². The first-order valence-electron chi connectivity index (χ1n) is 10.5. The molecule has 0 bridgehead atoms. The van der Waals surface area contributed by atoms with Crippen molar-refractivity contribution < 1.29 is 9.53 Å². The molecule has 1 fully saturated rings. The second-order valence-corrected chi connectivity index (χ2v) is 7.84. The first kappa shape index (κ1) is 18.6. The molecule has 3 aromatic carbocycles. The Bertz CT molecular complexity index is 1190. The van der Waals surface area contributed by atoms with Crippen LogP contribution in [0.2, 0.25) is 0 Å². The normalized spacial score (nSPS) is 16.3. The third-order valence-corrected chi connectivity index (χ3v) is 5.88. The Morgan fingerprint density at radius 1 is 0.967 bits per heavy atom. The third kappa shape index (κ3) is 3.73. The summed E-state index contributed by atoms with van der Waals surface area (Å²) in [5, 5.41) is 3.52. The van der Waals surface area contributed by atoms with Gasteiger partial charge in [0.05, 0.1) is 6.54 Å². The van der Waals surface area contributed by atoms with Gasteiger partial charge in [0.25, 0.3) is 0 Å². The van der Waals surface area contributed by atoms with E-state index in [1.807, 2.05) is 41.3 Å². The van der Waals surface area contributed by atoms with Crippen molar-refractivity contribution in [3.05, 3.63) is 84.6 Å². The molecule has 4 aromatic rings. The summed E-state index contributed by atoms with van der Waals surface area (Å²) in [5.74, 6) is 0.994. The lowest BCUT2D eigenvalue weighted by Gasteiger charge is -2.18. The fraction of sp³-hybridized carbons (Fsp3) is 0.231. The Morgan fingerprint density at radius 2 is 1.77 bits per heavy atom. The van der Waals surface area contributed by atoms with E-state index in [-0.39, 0.29) is 12.0 Å². The molecule has 1 aliphatic heterocycles. The summed E-state index contributed by atoms with van der Waals surface area (Å²) >= 11 is 0. The van der Waals surface area contributed by atoms with Crippen molar-refractivity contribution in [3.63, 3.8) is 0 Å². The van der Waals surface area contributed by atoms with Gasteiger partial charge in [0.1, 0.15) is 17.4 Å². The molecule has 0 spiro atoms. The molecule has 150 valence electrons. The van der Waals surface area contributed by atoms with E-state index in [1.165, 1.54) is 16.3 Å². The van der Waals surface area contributed by atoms with Gasteiger partial charge in [-0.15, -0.1) is 0 Å². The van der Waals surface area contributed by atoms with Crippen molar-refractivity contribution in [1.29, 1.82) is 0 Å². The van der Waals surface area contributed by atoms with Crippen LogP contribution in [0, 0.1) is 0 Å². The van der Waals surface area contributed by atoms with E-state index in [4.69, 9.17) is 4.74 Å². The van der Waals surface area contributed by atoms with Gasteiger partial charge in [0, 0.05) is 31.0 Å². The average molecular weight is 396 g/mol. The minimum Gasteiger partial charge on any atom is -0.486 e. The van der Waals surface area contributed by atoms with Crippen LogP contribution in [-0.4, -0.2) is 35.0 Å². The van der Waals surface area contributed by atoms with Gasteiger partial charge in [-0.2, -0.15) is 0 Å². The molecule has 2 heterocycles. The highest BCUT2D eigenvalue weighted by Crippen LogP contribution is 2.26. The van der Waals surface area contributed by atoms with Crippen molar-refractivity contribution >= 4 is 27.6 Å².